The second-order valence-corrected chi connectivity index (χ2v) is 6.65. The van der Waals surface area contributed by atoms with E-state index in [0.29, 0.717) is 17.2 Å². The number of ether oxygens (including phenoxy) is 1. The van der Waals surface area contributed by atoms with E-state index in [1.165, 1.54) is 0 Å². The highest BCUT2D eigenvalue weighted by Crippen LogP contribution is 2.38. The lowest BCUT2D eigenvalue weighted by atomic mass is 9.89. The number of hydrogen-bond acceptors (Lipinski definition) is 5. The molecule has 0 amide bonds. The van der Waals surface area contributed by atoms with E-state index in [-0.39, 0.29) is 11.2 Å². The van der Waals surface area contributed by atoms with Crippen LogP contribution in [0.2, 0.25) is 0 Å². The average molecular weight is 324 g/mol. The van der Waals surface area contributed by atoms with Crippen molar-refractivity contribution in [3.63, 3.8) is 0 Å². The number of phenolic OH excluding ortho intramolecular Hbond substituents is 1. The molecule has 0 unspecified atom stereocenters. The molecule has 0 saturated heterocycles. The van der Waals surface area contributed by atoms with Gasteiger partial charge in [0.05, 0.1) is 12.5 Å². The summed E-state index contributed by atoms with van der Waals surface area (Å²) in [5, 5.41) is 17.9. The molecular formula is C18H20N4O2. The molecule has 2 N–H and O–H groups in total. The van der Waals surface area contributed by atoms with E-state index in [2.05, 4.69) is 47.7 Å². The second-order valence-electron chi connectivity index (χ2n) is 6.65. The van der Waals surface area contributed by atoms with E-state index in [1.54, 1.807) is 19.2 Å². The molecule has 0 spiro atoms. The number of aromatic hydroxyl groups is 1. The molecule has 0 aliphatic rings. The maximum Gasteiger partial charge on any atom is 0.183 e. The molecule has 0 aliphatic heterocycles. The maximum absolute atomic E-state index is 10.0. The average Bonchev–Trinajstić information content (AvgIpc) is 2.95. The first-order valence-corrected chi connectivity index (χ1v) is 7.58. The van der Waals surface area contributed by atoms with Crippen LogP contribution in [0.25, 0.3) is 22.2 Å². The summed E-state index contributed by atoms with van der Waals surface area (Å²) in [6, 6.07) is 7.11. The third-order valence-electron chi connectivity index (χ3n) is 3.87. The van der Waals surface area contributed by atoms with E-state index in [9.17, 15) is 5.11 Å². The largest absolute Gasteiger partial charge is 0.508 e. The molecule has 3 aromatic rings. The molecule has 24 heavy (non-hydrogen) atoms. The van der Waals surface area contributed by atoms with Gasteiger partial charge < -0.3 is 9.84 Å². The first kappa shape index (κ1) is 16.0. The SMILES string of the molecule is C=Nc1n[nH]c2nc(C(C)(C)C)cc(-c3cc(O)cc(OC)c3)c12. The Morgan fingerprint density at radius 3 is 2.58 bits per heavy atom. The van der Waals surface area contributed by atoms with Gasteiger partial charge in [0.2, 0.25) is 0 Å². The zero-order chi connectivity index (χ0) is 17.5. The van der Waals surface area contributed by atoms with Gasteiger partial charge in [0, 0.05) is 17.2 Å². The molecule has 2 aromatic heterocycles. The number of nitrogens with one attached hydrogen (secondary N) is 1. The number of methoxy groups -OCH3 is 1. The third kappa shape index (κ3) is 2.71. The molecule has 0 atom stereocenters. The Morgan fingerprint density at radius 2 is 1.96 bits per heavy atom. The first-order valence-electron chi connectivity index (χ1n) is 7.58. The molecule has 3 rings (SSSR count). The molecule has 6 heteroatoms. The van der Waals surface area contributed by atoms with Gasteiger partial charge in [0.1, 0.15) is 11.5 Å². The molecule has 124 valence electrons. The Hall–Kier alpha value is -2.89. The van der Waals surface area contributed by atoms with E-state index in [0.717, 1.165) is 22.2 Å². The quantitative estimate of drug-likeness (QED) is 0.714. The highest BCUT2D eigenvalue weighted by Gasteiger charge is 2.21. The summed E-state index contributed by atoms with van der Waals surface area (Å²) >= 11 is 0. The van der Waals surface area contributed by atoms with Crippen molar-refractivity contribution >= 4 is 23.6 Å². The Kier molecular flexibility index (Phi) is 3.75. The Balaban J connectivity index is 2.38. The predicted octanol–water partition coefficient (Wildman–Crippen LogP) is 3.97. The van der Waals surface area contributed by atoms with Crippen LogP contribution in [0.4, 0.5) is 5.82 Å². The number of H-pyrrole nitrogens is 1. The van der Waals surface area contributed by atoms with Gasteiger partial charge in [-0.1, -0.05) is 20.8 Å². The van der Waals surface area contributed by atoms with Crippen LogP contribution in [0.1, 0.15) is 26.5 Å². The summed E-state index contributed by atoms with van der Waals surface area (Å²) in [5.74, 6) is 1.18. The highest BCUT2D eigenvalue weighted by atomic mass is 16.5. The van der Waals surface area contributed by atoms with Crippen molar-refractivity contribution < 1.29 is 9.84 Å². The van der Waals surface area contributed by atoms with Gasteiger partial charge in [-0.25, -0.2) is 9.98 Å². The topological polar surface area (TPSA) is 83.4 Å². The number of phenols is 1. The number of hydrogen-bond donors (Lipinski definition) is 2. The smallest absolute Gasteiger partial charge is 0.183 e. The fourth-order valence-corrected chi connectivity index (χ4v) is 2.60. The normalized spacial score (nSPS) is 11.7. The number of fused-ring (bicyclic) bond motifs is 1. The summed E-state index contributed by atoms with van der Waals surface area (Å²) in [4.78, 5) is 8.64. The van der Waals surface area contributed by atoms with E-state index in [1.807, 2.05) is 12.1 Å². The number of nitrogens with zero attached hydrogens (tertiary/aromatic N) is 3. The van der Waals surface area contributed by atoms with Crippen molar-refractivity contribution in [1.29, 1.82) is 0 Å². The van der Waals surface area contributed by atoms with Crippen molar-refractivity contribution in [1.82, 2.24) is 15.2 Å². The monoisotopic (exact) mass is 324 g/mol. The Bertz CT molecular complexity index is 923. The van der Waals surface area contributed by atoms with Crippen molar-refractivity contribution in [3.8, 4) is 22.6 Å². The Morgan fingerprint density at radius 1 is 1.21 bits per heavy atom. The van der Waals surface area contributed by atoms with Crippen LogP contribution in [0.15, 0.2) is 29.3 Å². The van der Waals surface area contributed by atoms with Gasteiger partial charge in [-0.15, -0.1) is 0 Å². The summed E-state index contributed by atoms with van der Waals surface area (Å²) in [6.07, 6.45) is 0. The fraction of sp³-hybridized carbons (Fsp3) is 0.278. The number of aromatic amines is 1. The van der Waals surface area contributed by atoms with Crippen LogP contribution in [0.5, 0.6) is 11.5 Å². The molecule has 2 heterocycles. The van der Waals surface area contributed by atoms with Crippen LogP contribution in [-0.4, -0.2) is 34.1 Å². The van der Waals surface area contributed by atoms with Gasteiger partial charge in [-0.2, -0.15) is 5.10 Å². The minimum atomic E-state index is -0.142. The number of rotatable bonds is 3. The molecule has 1 aromatic carbocycles. The Labute approximate surface area is 140 Å². The molecule has 0 aliphatic carbocycles. The fourth-order valence-electron chi connectivity index (χ4n) is 2.60. The molecule has 0 radical (unpaired) electrons. The summed E-state index contributed by atoms with van der Waals surface area (Å²) in [7, 11) is 1.57. The van der Waals surface area contributed by atoms with Crippen LogP contribution >= 0.6 is 0 Å². The number of benzene rings is 1. The minimum absolute atomic E-state index is 0.128. The first-order chi connectivity index (χ1) is 11.3. The summed E-state index contributed by atoms with van der Waals surface area (Å²) < 4.78 is 5.27. The van der Waals surface area contributed by atoms with Gasteiger partial charge in [0.15, 0.2) is 11.5 Å². The molecule has 6 nitrogen and oxygen atoms in total. The van der Waals surface area contributed by atoms with Crippen molar-refractivity contribution in [3.05, 3.63) is 30.0 Å². The lowest BCUT2D eigenvalue weighted by Crippen LogP contribution is -2.13. The van der Waals surface area contributed by atoms with Crippen molar-refractivity contribution in [2.75, 3.05) is 7.11 Å². The van der Waals surface area contributed by atoms with E-state index in [4.69, 9.17) is 4.74 Å². The van der Waals surface area contributed by atoms with Crippen LogP contribution in [0.3, 0.4) is 0 Å². The zero-order valence-corrected chi connectivity index (χ0v) is 14.2. The van der Waals surface area contributed by atoms with E-state index >= 15 is 0 Å². The number of pyridine rings is 1. The summed E-state index contributed by atoms with van der Waals surface area (Å²) in [6.45, 7) is 9.86. The van der Waals surface area contributed by atoms with Crippen LogP contribution in [-0.2, 0) is 5.41 Å². The van der Waals surface area contributed by atoms with Gasteiger partial charge >= 0.3 is 0 Å². The van der Waals surface area contributed by atoms with Gasteiger partial charge in [-0.05, 0) is 36.0 Å². The van der Waals surface area contributed by atoms with E-state index < -0.39 is 0 Å². The zero-order valence-electron chi connectivity index (χ0n) is 14.2. The summed E-state index contributed by atoms with van der Waals surface area (Å²) in [5.41, 5.74) is 3.08. The van der Waals surface area contributed by atoms with Crippen LogP contribution < -0.4 is 4.74 Å². The maximum atomic E-state index is 10.0. The minimum Gasteiger partial charge on any atom is -0.508 e. The lowest BCUT2D eigenvalue weighted by Gasteiger charge is -2.19. The number of aromatic nitrogens is 3. The van der Waals surface area contributed by atoms with Gasteiger partial charge in [-0.3, -0.25) is 5.10 Å². The lowest BCUT2D eigenvalue weighted by molar-refractivity contribution is 0.408. The third-order valence-corrected chi connectivity index (χ3v) is 3.87. The van der Waals surface area contributed by atoms with Crippen LogP contribution in [0, 0.1) is 0 Å². The predicted molar refractivity (Wildman–Crippen MR) is 95.5 cm³/mol. The molecule has 0 fully saturated rings. The highest BCUT2D eigenvalue weighted by molar-refractivity contribution is 6.00. The molecular weight excluding hydrogens is 304 g/mol. The van der Waals surface area contributed by atoms with Gasteiger partial charge in [0.25, 0.3) is 0 Å². The molecule has 0 bridgehead atoms. The number of aliphatic imine (C=N–C) groups is 1. The molecule has 0 saturated carbocycles. The van der Waals surface area contributed by atoms with Crippen molar-refractivity contribution in [2.24, 2.45) is 4.99 Å². The second kappa shape index (κ2) is 5.63. The standard InChI is InChI=1S/C18H20N4O2/c1-18(2,3)14-9-13(10-6-11(23)8-12(7-10)24-5)15-16(19-4)21-22-17(15)20-14/h6-9,23H,4H2,1-3,5H3,(H,20,21,22). The van der Waals surface area contributed by atoms with Crippen molar-refractivity contribution in [2.45, 2.75) is 26.2 Å².